The van der Waals surface area contributed by atoms with Gasteiger partial charge in [0.25, 0.3) is 11.8 Å². The van der Waals surface area contributed by atoms with Crippen molar-refractivity contribution >= 4 is 21.8 Å². The molecule has 166 valence electrons. The number of hydrogen-bond donors (Lipinski definition) is 2. The highest BCUT2D eigenvalue weighted by molar-refractivity contribution is 7.89. The average molecular weight is 454 g/mol. The number of para-hydroxylation sites is 1. The molecule has 3 aromatic carbocycles. The second-order valence-corrected chi connectivity index (χ2v) is 8.87. The van der Waals surface area contributed by atoms with E-state index < -0.39 is 28.4 Å². The highest BCUT2D eigenvalue weighted by Gasteiger charge is 2.22. The highest BCUT2D eigenvalue weighted by atomic mass is 32.2. The van der Waals surface area contributed by atoms with Gasteiger partial charge < -0.3 is 4.74 Å². The molecule has 0 saturated carbocycles. The van der Waals surface area contributed by atoms with Gasteiger partial charge in [0.05, 0.1) is 11.4 Å². The number of ether oxygens (including phenoxy) is 1. The summed E-state index contributed by atoms with van der Waals surface area (Å²) in [6, 6.07) is 24.6. The minimum Gasteiger partial charge on any atom is -0.483 e. The second-order valence-electron chi connectivity index (χ2n) is 6.82. The Labute approximate surface area is 186 Å². The van der Waals surface area contributed by atoms with Crippen molar-refractivity contribution < 1.29 is 22.7 Å². The Bertz CT molecular complexity index is 1170. The van der Waals surface area contributed by atoms with Gasteiger partial charge in [-0.15, -0.1) is 0 Å². The van der Waals surface area contributed by atoms with Gasteiger partial charge in [-0.05, 0) is 23.8 Å². The summed E-state index contributed by atoms with van der Waals surface area (Å²) in [4.78, 5) is 24.2. The second kappa shape index (κ2) is 10.6. The van der Waals surface area contributed by atoms with E-state index in [9.17, 15) is 18.0 Å². The molecule has 0 atom stereocenters. The molecule has 0 unspecified atom stereocenters. The van der Waals surface area contributed by atoms with Gasteiger partial charge in [-0.1, -0.05) is 66.7 Å². The van der Waals surface area contributed by atoms with E-state index in [1.54, 1.807) is 30.3 Å². The number of carbonyl (C=O) groups is 2. The molecular formula is C23H23N3O5S. The van der Waals surface area contributed by atoms with Crippen LogP contribution in [0.3, 0.4) is 0 Å². The maximum Gasteiger partial charge on any atom is 0.276 e. The van der Waals surface area contributed by atoms with Crippen molar-refractivity contribution in [2.45, 2.75) is 4.90 Å². The lowest BCUT2D eigenvalue weighted by Crippen LogP contribution is -2.48. The molecule has 0 aliphatic heterocycles. The number of hydrazine groups is 1. The zero-order valence-electron chi connectivity index (χ0n) is 17.4. The van der Waals surface area contributed by atoms with Crippen LogP contribution in [0.2, 0.25) is 0 Å². The first-order chi connectivity index (χ1) is 15.4. The predicted molar refractivity (Wildman–Crippen MR) is 120 cm³/mol. The van der Waals surface area contributed by atoms with Crippen molar-refractivity contribution in [3.63, 3.8) is 0 Å². The van der Waals surface area contributed by atoms with Crippen LogP contribution in [0.5, 0.6) is 5.75 Å². The summed E-state index contributed by atoms with van der Waals surface area (Å²) in [7, 11) is -2.53. The Hall–Kier alpha value is -3.69. The van der Waals surface area contributed by atoms with Gasteiger partial charge in [0.15, 0.2) is 6.61 Å². The van der Waals surface area contributed by atoms with Gasteiger partial charge in [0.1, 0.15) is 5.75 Å². The molecule has 0 fully saturated rings. The minimum atomic E-state index is -3.81. The fourth-order valence-corrected chi connectivity index (χ4v) is 4.01. The number of benzene rings is 3. The van der Waals surface area contributed by atoms with Gasteiger partial charge in [-0.25, -0.2) is 8.42 Å². The number of nitrogens with one attached hydrogen (secondary N) is 2. The summed E-state index contributed by atoms with van der Waals surface area (Å²) < 4.78 is 31.4. The van der Waals surface area contributed by atoms with E-state index in [-0.39, 0.29) is 11.5 Å². The summed E-state index contributed by atoms with van der Waals surface area (Å²) in [6.45, 7) is -0.794. The van der Waals surface area contributed by atoms with Crippen molar-refractivity contribution in [1.82, 2.24) is 15.2 Å². The van der Waals surface area contributed by atoms with E-state index in [2.05, 4.69) is 10.9 Å². The molecular weight excluding hydrogens is 430 g/mol. The van der Waals surface area contributed by atoms with Crippen LogP contribution in [0.25, 0.3) is 11.1 Å². The first kappa shape index (κ1) is 23.0. The monoisotopic (exact) mass is 453 g/mol. The maximum atomic E-state index is 12.5. The Morgan fingerprint density at radius 2 is 1.38 bits per heavy atom. The van der Waals surface area contributed by atoms with Gasteiger partial charge in [-0.2, -0.15) is 4.31 Å². The zero-order valence-corrected chi connectivity index (χ0v) is 18.2. The van der Waals surface area contributed by atoms with Crippen LogP contribution >= 0.6 is 0 Å². The Kier molecular flexibility index (Phi) is 7.58. The summed E-state index contributed by atoms with van der Waals surface area (Å²) in [5.74, 6) is -0.756. The first-order valence-corrected chi connectivity index (χ1v) is 11.2. The molecule has 0 spiro atoms. The summed E-state index contributed by atoms with van der Waals surface area (Å²) in [5, 5.41) is 0. The zero-order chi connectivity index (χ0) is 23.0. The van der Waals surface area contributed by atoms with E-state index in [1.165, 1.54) is 19.2 Å². The van der Waals surface area contributed by atoms with Crippen LogP contribution in [0.4, 0.5) is 0 Å². The van der Waals surface area contributed by atoms with Crippen molar-refractivity contribution in [3.8, 4) is 16.9 Å². The fraction of sp³-hybridized carbons (Fsp3) is 0.130. The average Bonchev–Trinajstić information content (AvgIpc) is 2.82. The van der Waals surface area contributed by atoms with Crippen molar-refractivity contribution in [2.24, 2.45) is 0 Å². The SMILES string of the molecule is CN(CC(=O)NNC(=O)COc1ccccc1-c1ccccc1)S(=O)(=O)c1ccccc1. The van der Waals surface area contributed by atoms with Gasteiger partial charge >= 0.3 is 0 Å². The Morgan fingerprint density at radius 3 is 2.06 bits per heavy atom. The molecule has 9 heteroatoms. The van der Waals surface area contributed by atoms with Crippen LogP contribution in [0.15, 0.2) is 89.8 Å². The van der Waals surface area contributed by atoms with Crippen LogP contribution in [0, 0.1) is 0 Å². The number of rotatable bonds is 8. The summed E-state index contributed by atoms with van der Waals surface area (Å²) in [6.07, 6.45) is 0. The molecule has 0 saturated heterocycles. The minimum absolute atomic E-state index is 0.0739. The lowest BCUT2D eigenvalue weighted by molar-refractivity contribution is -0.130. The maximum absolute atomic E-state index is 12.5. The molecule has 0 bridgehead atoms. The van der Waals surface area contributed by atoms with Crippen molar-refractivity contribution in [3.05, 3.63) is 84.9 Å². The van der Waals surface area contributed by atoms with E-state index in [0.29, 0.717) is 5.75 Å². The smallest absolute Gasteiger partial charge is 0.276 e. The van der Waals surface area contributed by atoms with E-state index in [0.717, 1.165) is 15.4 Å². The lowest BCUT2D eigenvalue weighted by Gasteiger charge is -2.17. The van der Waals surface area contributed by atoms with Gasteiger partial charge in [0, 0.05) is 12.6 Å². The molecule has 0 aromatic heterocycles. The fourth-order valence-electron chi connectivity index (χ4n) is 2.87. The molecule has 2 N–H and O–H groups in total. The number of carbonyl (C=O) groups excluding carboxylic acids is 2. The first-order valence-electron chi connectivity index (χ1n) is 9.74. The Morgan fingerprint density at radius 1 is 0.812 bits per heavy atom. The topological polar surface area (TPSA) is 105 Å². The number of amides is 2. The molecule has 3 aromatic rings. The Balaban J connectivity index is 1.50. The molecule has 3 rings (SSSR count). The number of sulfonamides is 1. The number of hydrogen-bond acceptors (Lipinski definition) is 5. The summed E-state index contributed by atoms with van der Waals surface area (Å²) >= 11 is 0. The predicted octanol–water partition coefficient (Wildman–Crippen LogP) is 2.20. The number of likely N-dealkylation sites (N-methyl/N-ethyl adjacent to an activating group) is 1. The van der Waals surface area contributed by atoms with Gasteiger partial charge in [-0.3, -0.25) is 20.4 Å². The standard InChI is InChI=1S/C23H23N3O5S/c1-26(32(29,30)19-12-6-3-7-13-19)16-22(27)24-25-23(28)17-31-21-15-9-8-14-20(21)18-10-4-2-5-11-18/h2-15H,16-17H2,1H3,(H,24,27)(H,25,28). The molecule has 0 heterocycles. The quantitative estimate of drug-likeness (QED) is 0.509. The molecule has 0 aliphatic carbocycles. The highest BCUT2D eigenvalue weighted by Crippen LogP contribution is 2.29. The number of nitrogens with zero attached hydrogens (tertiary/aromatic N) is 1. The largest absolute Gasteiger partial charge is 0.483 e. The van der Waals surface area contributed by atoms with Crippen molar-refractivity contribution in [2.75, 3.05) is 20.2 Å². The van der Waals surface area contributed by atoms with Crippen LogP contribution in [-0.4, -0.2) is 44.7 Å². The van der Waals surface area contributed by atoms with Crippen LogP contribution < -0.4 is 15.6 Å². The van der Waals surface area contributed by atoms with E-state index in [4.69, 9.17) is 4.74 Å². The van der Waals surface area contributed by atoms with E-state index >= 15 is 0 Å². The van der Waals surface area contributed by atoms with E-state index in [1.807, 2.05) is 42.5 Å². The summed E-state index contributed by atoms with van der Waals surface area (Å²) in [5.41, 5.74) is 6.19. The lowest BCUT2D eigenvalue weighted by atomic mass is 10.1. The normalized spacial score (nSPS) is 11.1. The van der Waals surface area contributed by atoms with Crippen molar-refractivity contribution in [1.29, 1.82) is 0 Å². The molecule has 0 aliphatic rings. The molecule has 8 nitrogen and oxygen atoms in total. The van der Waals surface area contributed by atoms with Gasteiger partial charge in [0.2, 0.25) is 10.0 Å². The molecule has 0 radical (unpaired) electrons. The molecule has 2 amide bonds. The third-order valence-corrected chi connectivity index (χ3v) is 6.31. The third-order valence-electron chi connectivity index (χ3n) is 4.49. The third kappa shape index (κ3) is 5.93. The molecule has 32 heavy (non-hydrogen) atoms. The van der Waals surface area contributed by atoms with Crippen LogP contribution in [-0.2, 0) is 19.6 Å². The van der Waals surface area contributed by atoms with Crippen LogP contribution in [0.1, 0.15) is 0 Å².